The van der Waals surface area contributed by atoms with Crippen molar-refractivity contribution in [1.29, 1.82) is 0 Å². The molecule has 0 unspecified atom stereocenters. The zero-order valence-corrected chi connectivity index (χ0v) is 11.0. The topological polar surface area (TPSA) is 54.6 Å². The Bertz CT molecular complexity index is 569. The molecule has 1 heterocycles. The number of carbonyl (C=O) groups is 1. The van der Waals surface area contributed by atoms with Crippen LogP contribution in [0, 0.1) is 6.92 Å². The van der Waals surface area contributed by atoms with E-state index in [0.29, 0.717) is 0 Å². The van der Waals surface area contributed by atoms with Crippen molar-refractivity contribution in [3.8, 4) is 0 Å². The molecule has 0 saturated heterocycles. The van der Waals surface area contributed by atoms with E-state index in [0.717, 1.165) is 17.7 Å². The van der Waals surface area contributed by atoms with Crippen LogP contribution >= 0.6 is 0 Å². The molecule has 0 radical (unpaired) electrons. The van der Waals surface area contributed by atoms with Gasteiger partial charge < -0.3 is 4.42 Å². The number of furan rings is 1. The number of benzene rings is 1. The highest BCUT2D eigenvalue weighted by Crippen LogP contribution is 2.07. The van der Waals surface area contributed by atoms with Crippen molar-refractivity contribution in [1.82, 2.24) is 5.43 Å². The van der Waals surface area contributed by atoms with Crippen molar-refractivity contribution in [2.45, 2.75) is 20.3 Å². The average molecular weight is 256 g/mol. The minimum Gasteiger partial charge on any atom is -0.459 e. The van der Waals surface area contributed by atoms with Gasteiger partial charge in [-0.3, -0.25) is 4.79 Å². The average Bonchev–Trinajstić information content (AvgIpc) is 2.95. The molecule has 1 aromatic heterocycles. The maximum atomic E-state index is 11.7. The molecule has 0 aliphatic carbocycles. The van der Waals surface area contributed by atoms with E-state index in [1.165, 1.54) is 11.8 Å². The van der Waals surface area contributed by atoms with Gasteiger partial charge in [0.05, 0.1) is 12.0 Å². The second-order valence-corrected chi connectivity index (χ2v) is 4.20. The van der Waals surface area contributed by atoms with Gasteiger partial charge in [0.2, 0.25) is 0 Å². The molecule has 0 spiro atoms. The highest BCUT2D eigenvalue weighted by atomic mass is 16.3. The zero-order valence-electron chi connectivity index (χ0n) is 11.0. The third-order valence-electron chi connectivity index (χ3n) is 2.76. The van der Waals surface area contributed by atoms with Crippen molar-refractivity contribution in [3.63, 3.8) is 0 Å². The lowest BCUT2D eigenvalue weighted by Crippen LogP contribution is -2.19. The van der Waals surface area contributed by atoms with E-state index in [2.05, 4.69) is 10.5 Å². The summed E-state index contributed by atoms with van der Waals surface area (Å²) in [5.74, 6) is -0.0915. The van der Waals surface area contributed by atoms with E-state index in [4.69, 9.17) is 4.42 Å². The van der Waals surface area contributed by atoms with Crippen molar-refractivity contribution in [3.05, 3.63) is 59.5 Å². The fourth-order valence-electron chi connectivity index (χ4n) is 1.67. The Kier molecular flexibility index (Phi) is 4.13. The molecule has 0 aliphatic rings. The van der Waals surface area contributed by atoms with Gasteiger partial charge in [0.15, 0.2) is 5.76 Å². The smallest absolute Gasteiger partial charge is 0.307 e. The number of hydrogen-bond donors (Lipinski definition) is 1. The van der Waals surface area contributed by atoms with Crippen LogP contribution in [0.3, 0.4) is 0 Å². The van der Waals surface area contributed by atoms with Crippen molar-refractivity contribution >= 4 is 11.6 Å². The third kappa shape index (κ3) is 3.31. The van der Waals surface area contributed by atoms with Gasteiger partial charge in [0.25, 0.3) is 0 Å². The summed E-state index contributed by atoms with van der Waals surface area (Å²) in [5, 5.41) is 4.16. The number of nitrogens with zero attached hydrogens (tertiary/aromatic N) is 1. The third-order valence-corrected chi connectivity index (χ3v) is 2.76. The Morgan fingerprint density at radius 3 is 2.58 bits per heavy atom. The summed E-state index contributed by atoms with van der Waals surface area (Å²) in [5.41, 5.74) is 5.54. The van der Waals surface area contributed by atoms with Crippen molar-refractivity contribution in [2.24, 2.45) is 5.10 Å². The van der Waals surface area contributed by atoms with E-state index in [-0.39, 0.29) is 11.7 Å². The highest BCUT2D eigenvalue weighted by molar-refractivity contribution is 6.01. The first kappa shape index (κ1) is 13.1. The zero-order chi connectivity index (χ0) is 13.7. The van der Waals surface area contributed by atoms with Crippen LogP contribution in [0.15, 0.2) is 52.2 Å². The van der Waals surface area contributed by atoms with Gasteiger partial charge in [0.1, 0.15) is 0 Å². The largest absolute Gasteiger partial charge is 0.459 e. The van der Waals surface area contributed by atoms with Gasteiger partial charge in [-0.15, -0.1) is 0 Å². The molecule has 1 amide bonds. The Hall–Kier alpha value is -2.36. The number of nitrogens with one attached hydrogen (secondary N) is 1. The van der Waals surface area contributed by atoms with Crippen molar-refractivity contribution < 1.29 is 9.21 Å². The molecule has 1 N–H and O–H groups in total. The molecule has 0 saturated carbocycles. The number of amides is 1. The van der Waals surface area contributed by atoms with Crippen LogP contribution in [0.25, 0.3) is 0 Å². The Morgan fingerprint density at radius 2 is 2.00 bits per heavy atom. The van der Waals surface area contributed by atoms with Gasteiger partial charge in [-0.2, -0.15) is 5.10 Å². The SMILES string of the molecule is CCC(=NNC(=O)c1ccco1)c1ccc(C)cc1. The van der Waals surface area contributed by atoms with Crippen LogP contribution < -0.4 is 5.43 Å². The molecule has 2 rings (SSSR count). The molecule has 0 bridgehead atoms. The summed E-state index contributed by atoms with van der Waals surface area (Å²) in [4.78, 5) is 11.7. The fraction of sp³-hybridized carbons (Fsp3) is 0.200. The standard InChI is InChI=1S/C15H16N2O2/c1-3-13(12-8-6-11(2)7-9-12)16-17-15(18)14-5-4-10-19-14/h4-10H,3H2,1-2H3,(H,17,18). The molecule has 1 aromatic carbocycles. The summed E-state index contributed by atoms with van der Waals surface area (Å²) in [7, 11) is 0. The maximum Gasteiger partial charge on any atom is 0.307 e. The first-order valence-corrected chi connectivity index (χ1v) is 6.18. The summed E-state index contributed by atoms with van der Waals surface area (Å²) < 4.78 is 5.00. The molecule has 0 atom stereocenters. The van der Waals surface area contributed by atoms with E-state index in [1.54, 1.807) is 12.1 Å². The van der Waals surface area contributed by atoms with Crippen molar-refractivity contribution in [2.75, 3.05) is 0 Å². The van der Waals surface area contributed by atoms with Crippen LogP contribution in [0.1, 0.15) is 35.0 Å². The normalized spacial score (nSPS) is 11.4. The number of carbonyl (C=O) groups excluding carboxylic acids is 1. The van der Waals surface area contributed by atoms with Gasteiger partial charge in [-0.05, 0) is 31.0 Å². The van der Waals surface area contributed by atoms with Crippen LogP contribution in [0.4, 0.5) is 0 Å². The second kappa shape index (κ2) is 6.00. The number of rotatable bonds is 4. The van der Waals surface area contributed by atoms with E-state index < -0.39 is 0 Å². The lowest BCUT2D eigenvalue weighted by atomic mass is 10.1. The summed E-state index contributed by atoms with van der Waals surface area (Å²) >= 11 is 0. The minimum atomic E-state index is -0.344. The first-order chi connectivity index (χ1) is 9.20. The van der Waals surface area contributed by atoms with Gasteiger partial charge >= 0.3 is 5.91 Å². The lowest BCUT2D eigenvalue weighted by molar-refractivity contribution is 0.0927. The van der Waals surface area contributed by atoms with E-state index in [9.17, 15) is 4.79 Å². The minimum absolute atomic E-state index is 0.253. The first-order valence-electron chi connectivity index (χ1n) is 6.18. The molecular weight excluding hydrogens is 240 g/mol. The summed E-state index contributed by atoms with van der Waals surface area (Å²) in [6.45, 7) is 4.03. The fourth-order valence-corrected chi connectivity index (χ4v) is 1.67. The Labute approximate surface area is 112 Å². The molecule has 0 fully saturated rings. The maximum absolute atomic E-state index is 11.7. The van der Waals surface area contributed by atoms with E-state index >= 15 is 0 Å². The summed E-state index contributed by atoms with van der Waals surface area (Å²) in [6, 6.07) is 11.3. The second-order valence-electron chi connectivity index (χ2n) is 4.20. The van der Waals surface area contributed by atoms with Gasteiger partial charge in [0, 0.05) is 0 Å². The van der Waals surface area contributed by atoms with Crippen LogP contribution in [0.5, 0.6) is 0 Å². The highest BCUT2D eigenvalue weighted by Gasteiger charge is 2.08. The molecule has 4 nitrogen and oxygen atoms in total. The lowest BCUT2D eigenvalue weighted by Gasteiger charge is -2.05. The predicted octanol–water partition coefficient (Wildman–Crippen LogP) is 3.13. The number of aryl methyl sites for hydroxylation is 1. The molecule has 98 valence electrons. The number of hydrazone groups is 1. The molecule has 19 heavy (non-hydrogen) atoms. The molecule has 2 aromatic rings. The van der Waals surface area contributed by atoms with Gasteiger partial charge in [-0.25, -0.2) is 5.43 Å². The Morgan fingerprint density at radius 1 is 1.26 bits per heavy atom. The summed E-state index contributed by atoms with van der Waals surface area (Å²) in [6.07, 6.45) is 2.20. The quantitative estimate of drug-likeness (QED) is 0.675. The van der Waals surface area contributed by atoms with Crippen LogP contribution in [-0.4, -0.2) is 11.6 Å². The molecule has 4 heteroatoms. The monoisotopic (exact) mass is 256 g/mol. The molecular formula is C15H16N2O2. The Balaban J connectivity index is 2.11. The van der Waals surface area contributed by atoms with E-state index in [1.807, 2.05) is 38.1 Å². The van der Waals surface area contributed by atoms with Crippen LogP contribution in [-0.2, 0) is 0 Å². The predicted molar refractivity (Wildman–Crippen MR) is 74.2 cm³/mol. The van der Waals surface area contributed by atoms with Gasteiger partial charge in [-0.1, -0.05) is 36.8 Å². The molecule has 0 aliphatic heterocycles. The van der Waals surface area contributed by atoms with Crippen LogP contribution in [0.2, 0.25) is 0 Å². The number of hydrogen-bond acceptors (Lipinski definition) is 3.